The first kappa shape index (κ1) is 15.8. The van der Waals surface area contributed by atoms with Crippen molar-refractivity contribution in [1.82, 2.24) is 0 Å². The van der Waals surface area contributed by atoms with Crippen molar-refractivity contribution in [3.8, 4) is 11.5 Å². The van der Waals surface area contributed by atoms with Crippen LogP contribution in [-0.4, -0.2) is 26.5 Å². The molecule has 0 atom stereocenters. The topological polar surface area (TPSA) is 61.5 Å². The Balaban J connectivity index is 2.36. The Kier molecular flexibility index (Phi) is 5.23. The molecule has 1 saturated carbocycles. The molecule has 4 heteroatoms. The maximum absolute atomic E-state index is 13.1. The molecule has 0 spiro atoms. The van der Waals surface area contributed by atoms with Gasteiger partial charge < -0.3 is 15.2 Å². The van der Waals surface area contributed by atoms with Crippen LogP contribution in [0.4, 0.5) is 0 Å². The first-order valence-electron chi connectivity index (χ1n) is 7.63. The minimum Gasteiger partial charge on any atom is -0.497 e. The molecule has 2 N–H and O–H groups in total. The Morgan fingerprint density at radius 3 is 2.00 bits per heavy atom. The van der Waals surface area contributed by atoms with Gasteiger partial charge in [0, 0.05) is 23.6 Å². The molecule has 1 aliphatic rings. The predicted octanol–water partition coefficient (Wildman–Crippen LogP) is 3.19. The van der Waals surface area contributed by atoms with Crippen molar-refractivity contribution in [2.75, 3.05) is 20.8 Å². The smallest absolute Gasteiger partial charge is 0.170 e. The highest BCUT2D eigenvalue weighted by atomic mass is 16.5. The summed E-state index contributed by atoms with van der Waals surface area (Å²) in [5.74, 6) is 1.40. The number of benzene rings is 1. The quantitative estimate of drug-likeness (QED) is 0.668. The molecule has 4 nitrogen and oxygen atoms in total. The third-order valence-electron chi connectivity index (χ3n) is 4.55. The number of rotatable bonds is 5. The van der Waals surface area contributed by atoms with E-state index in [4.69, 9.17) is 15.2 Å². The van der Waals surface area contributed by atoms with E-state index in [-0.39, 0.29) is 5.78 Å². The van der Waals surface area contributed by atoms with E-state index < -0.39 is 5.41 Å². The highest BCUT2D eigenvalue weighted by Crippen LogP contribution is 2.38. The molecular formula is C17H25NO3. The van der Waals surface area contributed by atoms with Gasteiger partial charge in [0.2, 0.25) is 0 Å². The Morgan fingerprint density at radius 1 is 1.05 bits per heavy atom. The predicted molar refractivity (Wildman–Crippen MR) is 83.1 cm³/mol. The summed E-state index contributed by atoms with van der Waals surface area (Å²) in [7, 11) is 3.18. The van der Waals surface area contributed by atoms with Crippen LogP contribution in [0.15, 0.2) is 18.2 Å². The zero-order valence-corrected chi connectivity index (χ0v) is 13.0. The van der Waals surface area contributed by atoms with Crippen LogP contribution in [0.3, 0.4) is 0 Å². The Hall–Kier alpha value is -1.55. The minimum absolute atomic E-state index is 0.129. The van der Waals surface area contributed by atoms with Gasteiger partial charge in [-0.1, -0.05) is 25.7 Å². The Bertz CT molecular complexity index is 469. The Morgan fingerprint density at radius 2 is 1.57 bits per heavy atom. The van der Waals surface area contributed by atoms with Crippen molar-refractivity contribution in [3.05, 3.63) is 23.8 Å². The lowest BCUT2D eigenvalue weighted by molar-refractivity contribution is 0.0773. The first-order valence-corrected chi connectivity index (χ1v) is 7.63. The van der Waals surface area contributed by atoms with Crippen molar-refractivity contribution in [3.63, 3.8) is 0 Å². The summed E-state index contributed by atoms with van der Waals surface area (Å²) in [6.45, 7) is 0.408. The summed E-state index contributed by atoms with van der Waals surface area (Å²) in [4.78, 5) is 13.1. The van der Waals surface area contributed by atoms with E-state index in [9.17, 15) is 4.79 Å². The molecule has 1 aromatic carbocycles. The number of carbonyl (C=O) groups excluding carboxylic acids is 1. The summed E-state index contributed by atoms with van der Waals surface area (Å²) in [6.07, 6.45) is 6.28. The van der Waals surface area contributed by atoms with E-state index in [0.717, 1.165) is 25.7 Å². The van der Waals surface area contributed by atoms with Gasteiger partial charge in [-0.05, 0) is 25.0 Å². The molecule has 1 aliphatic carbocycles. The molecule has 0 aromatic heterocycles. The number of nitrogens with two attached hydrogens (primary N) is 1. The summed E-state index contributed by atoms with van der Waals surface area (Å²) >= 11 is 0. The molecule has 116 valence electrons. The van der Waals surface area contributed by atoms with Gasteiger partial charge >= 0.3 is 0 Å². The van der Waals surface area contributed by atoms with Crippen LogP contribution in [0.5, 0.6) is 11.5 Å². The van der Waals surface area contributed by atoms with E-state index in [2.05, 4.69) is 0 Å². The van der Waals surface area contributed by atoms with E-state index in [0.29, 0.717) is 23.6 Å². The second-order valence-electron chi connectivity index (χ2n) is 5.83. The zero-order valence-electron chi connectivity index (χ0n) is 13.0. The number of Topliss-reactive ketones (excluding diaryl/α,β-unsaturated/α-hetero) is 1. The lowest BCUT2D eigenvalue weighted by Gasteiger charge is -2.30. The van der Waals surface area contributed by atoms with E-state index >= 15 is 0 Å². The fraction of sp³-hybridized carbons (Fsp3) is 0.588. The van der Waals surface area contributed by atoms with Gasteiger partial charge in [0.1, 0.15) is 11.5 Å². The molecule has 1 aromatic rings. The molecular weight excluding hydrogens is 266 g/mol. The SMILES string of the molecule is COc1cc(OC)cc(C(=O)C2(CN)CCCCCC2)c1. The normalized spacial score (nSPS) is 17.9. The molecule has 1 fully saturated rings. The van der Waals surface area contributed by atoms with Crippen LogP contribution < -0.4 is 15.2 Å². The van der Waals surface area contributed by atoms with Crippen molar-refractivity contribution >= 4 is 5.78 Å². The summed E-state index contributed by atoms with van der Waals surface area (Å²) in [6, 6.07) is 5.35. The van der Waals surface area contributed by atoms with Crippen LogP contribution in [0.2, 0.25) is 0 Å². The maximum atomic E-state index is 13.1. The van der Waals surface area contributed by atoms with E-state index in [1.807, 2.05) is 0 Å². The number of carbonyl (C=O) groups is 1. The fourth-order valence-corrected chi connectivity index (χ4v) is 3.17. The van der Waals surface area contributed by atoms with Gasteiger partial charge in [-0.25, -0.2) is 0 Å². The zero-order chi connectivity index (χ0) is 15.3. The summed E-state index contributed by atoms with van der Waals surface area (Å²) in [5.41, 5.74) is 6.22. The molecule has 21 heavy (non-hydrogen) atoms. The Labute approximate surface area is 126 Å². The third-order valence-corrected chi connectivity index (χ3v) is 4.55. The largest absolute Gasteiger partial charge is 0.497 e. The van der Waals surface area contributed by atoms with Gasteiger partial charge in [-0.15, -0.1) is 0 Å². The number of ketones is 1. The van der Waals surface area contributed by atoms with Gasteiger partial charge in [0.15, 0.2) is 5.78 Å². The average molecular weight is 291 g/mol. The molecule has 0 aliphatic heterocycles. The fourth-order valence-electron chi connectivity index (χ4n) is 3.17. The van der Waals surface area contributed by atoms with Crippen LogP contribution in [-0.2, 0) is 0 Å². The molecule has 0 heterocycles. The van der Waals surface area contributed by atoms with Crippen LogP contribution in [0.25, 0.3) is 0 Å². The van der Waals surface area contributed by atoms with Gasteiger partial charge in [-0.3, -0.25) is 4.79 Å². The summed E-state index contributed by atoms with van der Waals surface area (Å²) < 4.78 is 10.5. The van der Waals surface area contributed by atoms with Gasteiger partial charge in [0.05, 0.1) is 14.2 Å². The van der Waals surface area contributed by atoms with Crippen molar-refractivity contribution in [2.45, 2.75) is 38.5 Å². The molecule has 0 bridgehead atoms. The van der Waals surface area contributed by atoms with Crippen molar-refractivity contribution in [1.29, 1.82) is 0 Å². The van der Waals surface area contributed by atoms with Crippen LogP contribution >= 0.6 is 0 Å². The molecule has 2 rings (SSSR count). The number of methoxy groups -OCH3 is 2. The van der Waals surface area contributed by atoms with Crippen molar-refractivity contribution in [2.24, 2.45) is 11.1 Å². The minimum atomic E-state index is -0.423. The summed E-state index contributed by atoms with van der Waals surface area (Å²) in [5, 5.41) is 0. The molecule has 0 unspecified atom stereocenters. The standard InChI is InChI=1S/C17H25NO3/c1-20-14-9-13(10-15(11-14)21-2)16(19)17(12-18)7-5-3-4-6-8-17/h9-11H,3-8,12,18H2,1-2H3. The van der Waals surface area contributed by atoms with Gasteiger partial charge in [0.25, 0.3) is 0 Å². The first-order chi connectivity index (χ1) is 10.1. The van der Waals surface area contributed by atoms with Gasteiger partial charge in [-0.2, -0.15) is 0 Å². The maximum Gasteiger partial charge on any atom is 0.170 e. The molecule has 0 saturated heterocycles. The van der Waals surface area contributed by atoms with E-state index in [1.165, 1.54) is 12.8 Å². The highest BCUT2D eigenvalue weighted by Gasteiger charge is 2.37. The lowest BCUT2D eigenvalue weighted by atomic mass is 9.74. The highest BCUT2D eigenvalue weighted by molar-refractivity contribution is 6.01. The average Bonchev–Trinajstić information content (AvgIpc) is 2.80. The lowest BCUT2D eigenvalue weighted by Crippen LogP contribution is -2.38. The van der Waals surface area contributed by atoms with Crippen LogP contribution in [0.1, 0.15) is 48.9 Å². The number of hydrogen-bond acceptors (Lipinski definition) is 4. The number of ether oxygens (including phenoxy) is 2. The van der Waals surface area contributed by atoms with Crippen LogP contribution in [0, 0.1) is 5.41 Å². The van der Waals surface area contributed by atoms with Crippen molar-refractivity contribution < 1.29 is 14.3 Å². The molecule has 0 radical (unpaired) electrons. The number of hydrogen-bond donors (Lipinski definition) is 1. The second kappa shape index (κ2) is 6.94. The molecule has 0 amide bonds. The second-order valence-corrected chi connectivity index (χ2v) is 5.83. The third kappa shape index (κ3) is 3.38. The monoisotopic (exact) mass is 291 g/mol. The van der Waals surface area contributed by atoms with E-state index in [1.54, 1.807) is 32.4 Å².